The number of benzene rings is 1. The van der Waals surface area contributed by atoms with Crippen LogP contribution in [-0.2, 0) is 30.8 Å². The Labute approximate surface area is 139 Å². The minimum Gasteiger partial charge on any atom is -0.384 e. The van der Waals surface area contributed by atoms with E-state index in [1.54, 1.807) is 7.11 Å². The first kappa shape index (κ1) is 18.1. The Morgan fingerprint density at radius 2 is 2.30 bits per heavy atom. The molecule has 1 heterocycles. The average molecular weight is 340 g/mol. The van der Waals surface area contributed by atoms with Crippen molar-refractivity contribution in [1.82, 2.24) is 0 Å². The summed E-state index contributed by atoms with van der Waals surface area (Å²) < 4.78 is 22.4. The molecule has 0 spiro atoms. The number of nitrogens with two attached hydrogens (primary N) is 1. The lowest BCUT2D eigenvalue weighted by Crippen LogP contribution is -2.29. The molecule has 1 aliphatic rings. The van der Waals surface area contributed by atoms with Gasteiger partial charge in [0.2, 0.25) is 0 Å². The summed E-state index contributed by atoms with van der Waals surface area (Å²) in [6.07, 6.45) is 1.03. The van der Waals surface area contributed by atoms with Gasteiger partial charge in [-0.1, -0.05) is 12.1 Å². The number of rotatable bonds is 8. The normalized spacial score (nSPS) is 22.0. The van der Waals surface area contributed by atoms with E-state index in [2.05, 4.69) is 5.32 Å². The number of nitrogens with one attached hydrogen (secondary N) is 1. The van der Waals surface area contributed by atoms with Crippen molar-refractivity contribution in [3.8, 4) is 0 Å². The third-order valence-electron chi connectivity index (χ3n) is 3.70. The third kappa shape index (κ3) is 5.69. The lowest BCUT2D eigenvalue weighted by molar-refractivity contribution is -0.126. The number of anilines is 1. The standard InChI is InChI=1S/C16H24N2O4S/c1-21-7-8-23(20)11-12-3-2-4-13(9-12)18-16(19)15-6-5-14(10-17)22-15/h2-4,9,14-15H,5-8,10-11,17H2,1H3,(H,18,19)/t14-,15+,23?/m1/s1. The minimum absolute atomic E-state index is 0.0275. The highest BCUT2D eigenvalue weighted by molar-refractivity contribution is 7.84. The molecule has 1 amide bonds. The van der Waals surface area contributed by atoms with E-state index < -0.39 is 16.9 Å². The van der Waals surface area contributed by atoms with Gasteiger partial charge in [-0.15, -0.1) is 0 Å². The van der Waals surface area contributed by atoms with Crippen molar-refractivity contribution in [2.45, 2.75) is 30.8 Å². The fourth-order valence-corrected chi connectivity index (χ4v) is 3.52. The van der Waals surface area contributed by atoms with Crippen molar-refractivity contribution >= 4 is 22.4 Å². The zero-order chi connectivity index (χ0) is 16.7. The summed E-state index contributed by atoms with van der Waals surface area (Å²) in [6.45, 7) is 0.914. The van der Waals surface area contributed by atoms with E-state index in [9.17, 15) is 9.00 Å². The van der Waals surface area contributed by atoms with Crippen molar-refractivity contribution in [2.24, 2.45) is 5.73 Å². The second kappa shape index (κ2) is 9.12. The predicted molar refractivity (Wildman–Crippen MR) is 90.6 cm³/mol. The maximum atomic E-state index is 12.2. The Morgan fingerprint density at radius 1 is 1.48 bits per heavy atom. The van der Waals surface area contributed by atoms with E-state index in [0.29, 0.717) is 36.8 Å². The van der Waals surface area contributed by atoms with Gasteiger partial charge >= 0.3 is 0 Å². The molecule has 1 aromatic rings. The molecule has 7 heteroatoms. The molecular weight excluding hydrogens is 316 g/mol. The van der Waals surface area contributed by atoms with Gasteiger partial charge in [0.25, 0.3) is 5.91 Å². The molecule has 3 atom stereocenters. The van der Waals surface area contributed by atoms with E-state index in [0.717, 1.165) is 12.0 Å². The van der Waals surface area contributed by atoms with Crippen LogP contribution >= 0.6 is 0 Å². The van der Waals surface area contributed by atoms with Gasteiger partial charge in [0.1, 0.15) is 6.10 Å². The quantitative estimate of drug-likeness (QED) is 0.737. The largest absolute Gasteiger partial charge is 0.384 e. The first-order chi connectivity index (χ1) is 11.1. The first-order valence-electron chi connectivity index (χ1n) is 7.71. The summed E-state index contributed by atoms with van der Waals surface area (Å²) in [6, 6.07) is 7.40. The SMILES string of the molecule is COCCS(=O)Cc1cccc(NC(=O)[C@@H]2CC[C@H](CN)O2)c1. The van der Waals surface area contributed by atoms with Crippen molar-refractivity contribution in [3.63, 3.8) is 0 Å². The minimum atomic E-state index is -0.976. The van der Waals surface area contributed by atoms with E-state index in [1.165, 1.54) is 0 Å². The number of hydrogen-bond donors (Lipinski definition) is 2. The Hall–Kier alpha value is -1.28. The van der Waals surface area contributed by atoms with Crippen molar-refractivity contribution in [1.29, 1.82) is 0 Å². The smallest absolute Gasteiger partial charge is 0.253 e. The topological polar surface area (TPSA) is 90.7 Å². The lowest BCUT2D eigenvalue weighted by Gasteiger charge is -2.13. The van der Waals surface area contributed by atoms with Crippen LogP contribution in [0.1, 0.15) is 18.4 Å². The zero-order valence-electron chi connectivity index (χ0n) is 13.3. The number of amides is 1. The second-order valence-electron chi connectivity index (χ2n) is 5.53. The number of ether oxygens (including phenoxy) is 2. The summed E-state index contributed by atoms with van der Waals surface area (Å²) in [5.41, 5.74) is 7.17. The molecule has 0 aliphatic carbocycles. The van der Waals surface area contributed by atoms with Gasteiger partial charge < -0.3 is 20.5 Å². The Morgan fingerprint density at radius 3 is 3.00 bits per heavy atom. The van der Waals surface area contributed by atoms with Crippen LogP contribution in [0.15, 0.2) is 24.3 Å². The molecule has 1 fully saturated rings. The van der Waals surface area contributed by atoms with Crippen LogP contribution in [0.2, 0.25) is 0 Å². The molecule has 23 heavy (non-hydrogen) atoms. The van der Waals surface area contributed by atoms with Gasteiger partial charge in [0.15, 0.2) is 0 Å². The molecule has 1 saturated heterocycles. The maximum Gasteiger partial charge on any atom is 0.253 e. The molecule has 3 N–H and O–H groups in total. The third-order valence-corrected chi connectivity index (χ3v) is 4.98. The lowest BCUT2D eigenvalue weighted by atomic mass is 10.1. The highest BCUT2D eigenvalue weighted by Crippen LogP contribution is 2.21. The Balaban J connectivity index is 1.89. The first-order valence-corrected chi connectivity index (χ1v) is 9.20. The van der Waals surface area contributed by atoms with E-state index in [1.807, 2.05) is 24.3 Å². The molecule has 6 nitrogen and oxygen atoms in total. The van der Waals surface area contributed by atoms with Crippen LogP contribution in [0.25, 0.3) is 0 Å². The number of carbonyl (C=O) groups excluding carboxylic acids is 1. The molecule has 0 saturated carbocycles. The Bertz CT molecular complexity index is 553. The van der Waals surface area contributed by atoms with Crippen LogP contribution in [0.4, 0.5) is 5.69 Å². The van der Waals surface area contributed by atoms with Gasteiger partial charge in [-0.25, -0.2) is 0 Å². The molecular formula is C16H24N2O4S. The van der Waals surface area contributed by atoms with Crippen LogP contribution in [-0.4, -0.2) is 48.3 Å². The van der Waals surface area contributed by atoms with Gasteiger partial charge in [-0.05, 0) is 30.5 Å². The molecule has 1 aromatic carbocycles. The summed E-state index contributed by atoms with van der Waals surface area (Å²) in [5.74, 6) is 0.796. The Kier molecular flexibility index (Phi) is 7.16. The van der Waals surface area contributed by atoms with Gasteiger partial charge in [0.05, 0.1) is 12.7 Å². The van der Waals surface area contributed by atoms with Crippen LogP contribution in [0, 0.1) is 0 Å². The van der Waals surface area contributed by atoms with Crippen molar-refractivity contribution in [2.75, 3.05) is 31.3 Å². The molecule has 1 aliphatic heterocycles. The molecule has 0 radical (unpaired) electrons. The summed E-state index contributed by atoms with van der Waals surface area (Å²) in [4.78, 5) is 12.2. The number of methoxy groups -OCH3 is 1. The van der Waals surface area contributed by atoms with Crippen molar-refractivity contribution < 1.29 is 18.5 Å². The number of hydrogen-bond acceptors (Lipinski definition) is 5. The highest BCUT2D eigenvalue weighted by Gasteiger charge is 2.29. The van der Waals surface area contributed by atoms with Crippen LogP contribution in [0.5, 0.6) is 0 Å². The monoisotopic (exact) mass is 340 g/mol. The van der Waals surface area contributed by atoms with Gasteiger partial charge in [-0.2, -0.15) is 0 Å². The predicted octanol–water partition coefficient (Wildman–Crippen LogP) is 1.03. The fraction of sp³-hybridized carbons (Fsp3) is 0.562. The molecule has 0 aromatic heterocycles. The summed E-state index contributed by atoms with van der Waals surface area (Å²) in [5, 5.41) is 2.86. The molecule has 2 rings (SSSR count). The van der Waals surface area contributed by atoms with E-state index >= 15 is 0 Å². The summed E-state index contributed by atoms with van der Waals surface area (Å²) in [7, 11) is 0.615. The zero-order valence-corrected chi connectivity index (χ0v) is 14.1. The molecule has 128 valence electrons. The maximum absolute atomic E-state index is 12.2. The summed E-state index contributed by atoms with van der Waals surface area (Å²) >= 11 is 0. The van der Waals surface area contributed by atoms with Crippen molar-refractivity contribution in [3.05, 3.63) is 29.8 Å². The van der Waals surface area contributed by atoms with E-state index in [-0.39, 0.29) is 12.0 Å². The highest BCUT2D eigenvalue weighted by atomic mass is 32.2. The molecule has 1 unspecified atom stereocenters. The van der Waals surface area contributed by atoms with Crippen LogP contribution in [0.3, 0.4) is 0 Å². The fourth-order valence-electron chi connectivity index (χ4n) is 2.47. The molecule has 0 bridgehead atoms. The van der Waals surface area contributed by atoms with Gasteiger partial charge in [-0.3, -0.25) is 9.00 Å². The van der Waals surface area contributed by atoms with E-state index in [4.69, 9.17) is 15.2 Å². The average Bonchev–Trinajstić information content (AvgIpc) is 3.02. The van der Waals surface area contributed by atoms with Gasteiger partial charge in [0, 0.05) is 41.6 Å². The number of carbonyl (C=O) groups is 1. The second-order valence-corrected chi connectivity index (χ2v) is 7.11. The van der Waals surface area contributed by atoms with Crippen LogP contribution < -0.4 is 11.1 Å².